The van der Waals surface area contributed by atoms with E-state index >= 15 is 0 Å². The number of rotatable bonds is 4. The standard InChI is InChI=1S/C20H17ClF3N3O/c1-12(14-8-10-15(11-9-14)20(22,23)24)25-19(28)17-13(2)26-27(18(17)21)16-6-4-3-5-7-16/h3-12H,1-2H3,(H,25,28). The Labute approximate surface area is 164 Å². The van der Waals surface area contributed by atoms with Crippen LogP contribution in [0.25, 0.3) is 5.69 Å². The number of hydrogen-bond acceptors (Lipinski definition) is 2. The van der Waals surface area contributed by atoms with Crippen molar-refractivity contribution < 1.29 is 18.0 Å². The molecule has 3 aromatic rings. The van der Waals surface area contributed by atoms with E-state index in [-0.39, 0.29) is 10.7 Å². The molecule has 1 aromatic heterocycles. The summed E-state index contributed by atoms with van der Waals surface area (Å²) < 4.78 is 39.5. The molecule has 0 aliphatic rings. The van der Waals surface area contributed by atoms with Crippen LogP contribution in [0.15, 0.2) is 54.6 Å². The number of benzene rings is 2. The van der Waals surface area contributed by atoms with Gasteiger partial charge in [0, 0.05) is 0 Å². The number of aromatic nitrogens is 2. The van der Waals surface area contributed by atoms with Crippen LogP contribution in [-0.4, -0.2) is 15.7 Å². The van der Waals surface area contributed by atoms with Crippen molar-refractivity contribution in [1.29, 1.82) is 0 Å². The van der Waals surface area contributed by atoms with Gasteiger partial charge in [0.25, 0.3) is 5.91 Å². The fraction of sp³-hybridized carbons (Fsp3) is 0.200. The Kier molecular flexibility index (Phi) is 5.47. The first-order valence-corrected chi connectivity index (χ1v) is 8.85. The van der Waals surface area contributed by atoms with E-state index in [4.69, 9.17) is 11.6 Å². The molecule has 0 saturated heterocycles. The van der Waals surface area contributed by atoms with Crippen LogP contribution in [0.1, 0.15) is 40.1 Å². The van der Waals surface area contributed by atoms with Gasteiger partial charge in [0.2, 0.25) is 0 Å². The van der Waals surface area contributed by atoms with Crippen LogP contribution >= 0.6 is 11.6 Å². The lowest BCUT2D eigenvalue weighted by Gasteiger charge is -2.15. The number of nitrogens with one attached hydrogen (secondary N) is 1. The van der Waals surface area contributed by atoms with Crippen molar-refractivity contribution in [2.75, 3.05) is 0 Å². The summed E-state index contributed by atoms with van der Waals surface area (Å²) >= 11 is 6.37. The maximum atomic E-state index is 12.7. The molecule has 1 unspecified atom stereocenters. The minimum absolute atomic E-state index is 0.167. The second-order valence-corrected chi connectivity index (χ2v) is 6.67. The Hall–Kier alpha value is -2.80. The number of carbonyl (C=O) groups is 1. The number of nitrogens with zero attached hydrogens (tertiary/aromatic N) is 2. The van der Waals surface area contributed by atoms with Gasteiger partial charge in [0.15, 0.2) is 0 Å². The van der Waals surface area contributed by atoms with Gasteiger partial charge in [0.05, 0.1) is 28.6 Å². The summed E-state index contributed by atoms with van der Waals surface area (Å²) in [6, 6.07) is 13.3. The predicted octanol–water partition coefficient (Wildman–Crippen LogP) is 5.34. The average molecular weight is 408 g/mol. The lowest BCUT2D eigenvalue weighted by molar-refractivity contribution is -0.137. The third kappa shape index (κ3) is 4.04. The molecule has 0 aliphatic heterocycles. The van der Waals surface area contributed by atoms with Gasteiger partial charge in [-0.05, 0) is 43.7 Å². The van der Waals surface area contributed by atoms with E-state index in [9.17, 15) is 18.0 Å². The molecule has 0 fully saturated rings. The Bertz CT molecular complexity index is 982. The monoisotopic (exact) mass is 407 g/mol. The lowest BCUT2D eigenvalue weighted by atomic mass is 10.1. The second-order valence-electron chi connectivity index (χ2n) is 6.31. The number of aryl methyl sites for hydroxylation is 1. The summed E-state index contributed by atoms with van der Waals surface area (Å²) in [6.07, 6.45) is -4.40. The Morgan fingerprint density at radius 3 is 2.29 bits per heavy atom. The summed E-state index contributed by atoms with van der Waals surface area (Å²) in [4.78, 5) is 12.7. The third-order valence-corrected chi connectivity index (χ3v) is 4.67. The van der Waals surface area contributed by atoms with Gasteiger partial charge in [0.1, 0.15) is 5.15 Å². The maximum absolute atomic E-state index is 12.7. The number of halogens is 4. The molecule has 1 heterocycles. The summed E-state index contributed by atoms with van der Waals surface area (Å²) in [6.45, 7) is 3.36. The van der Waals surface area contributed by atoms with E-state index in [1.54, 1.807) is 13.8 Å². The minimum Gasteiger partial charge on any atom is -0.345 e. The average Bonchev–Trinajstić information content (AvgIpc) is 2.96. The van der Waals surface area contributed by atoms with Crippen molar-refractivity contribution in [2.24, 2.45) is 0 Å². The van der Waals surface area contributed by atoms with E-state index < -0.39 is 23.7 Å². The SMILES string of the molecule is Cc1nn(-c2ccccc2)c(Cl)c1C(=O)NC(C)c1ccc(C(F)(F)F)cc1. The Morgan fingerprint density at radius 1 is 1.11 bits per heavy atom. The fourth-order valence-corrected chi connectivity index (χ4v) is 3.17. The van der Waals surface area contributed by atoms with E-state index in [2.05, 4.69) is 10.4 Å². The van der Waals surface area contributed by atoms with Crippen molar-refractivity contribution in [1.82, 2.24) is 15.1 Å². The molecule has 0 spiro atoms. The normalized spacial score (nSPS) is 12.6. The smallest absolute Gasteiger partial charge is 0.345 e. The van der Waals surface area contributed by atoms with Gasteiger partial charge in [-0.15, -0.1) is 0 Å². The molecule has 1 N–H and O–H groups in total. The van der Waals surface area contributed by atoms with Gasteiger partial charge in [-0.3, -0.25) is 4.79 Å². The molecule has 8 heteroatoms. The van der Waals surface area contributed by atoms with Crippen molar-refractivity contribution in [3.63, 3.8) is 0 Å². The summed E-state index contributed by atoms with van der Waals surface area (Å²) in [5.74, 6) is -0.447. The topological polar surface area (TPSA) is 46.9 Å². The lowest BCUT2D eigenvalue weighted by Crippen LogP contribution is -2.27. The highest BCUT2D eigenvalue weighted by atomic mass is 35.5. The quantitative estimate of drug-likeness (QED) is 0.634. The molecule has 0 bridgehead atoms. The first-order chi connectivity index (χ1) is 13.2. The maximum Gasteiger partial charge on any atom is 0.416 e. The molecule has 3 rings (SSSR count). The molecule has 0 aliphatic carbocycles. The summed E-state index contributed by atoms with van der Waals surface area (Å²) in [7, 11) is 0. The summed E-state index contributed by atoms with van der Waals surface area (Å²) in [5.41, 5.74) is 1.20. The second kappa shape index (κ2) is 7.67. The Balaban J connectivity index is 1.81. The van der Waals surface area contributed by atoms with Crippen LogP contribution in [0.4, 0.5) is 13.2 Å². The number of hydrogen-bond donors (Lipinski definition) is 1. The predicted molar refractivity (Wildman–Crippen MR) is 101 cm³/mol. The molecule has 1 amide bonds. The fourth-order valence-electron chi connectivity index (χ4n) is 2.81. The molecule has 4 nitrogen and oxygen atoms in total. The molecular formula is C20H17ClF3N3O. The van der Waals surface area contributed by atoms with Gasteiger partial charge in [-0.25, -0.2) is 4.68 Å². The number of alkyl halides is 3. The van der Waals surface area contributed by atoms with Crippen LogP contribution in [0.3, 0.4) is 0 Å². The highest BCUT2D eigenvalue weighted by molar-refractivity contribution is 6.33. The number of carbonyl (C=O) groups excluding carboxylic acids is 1. The van der Waals surface area contributed by atoms with Crippen LogP contribution < -0.4 is 5.32 Å². The molecule has 2 aromatic carbocycles. The molecule has 0 radical (unpaired) electrons. The number of amides is 1. The van der Waals surface area contributed by atoms with E-state index in [1.165, 1.54) is 16.8 Å². The van der Waals surface area contributed by atoms with Crippen molar-refractivity contribution in [3.8, 4) is 5.69 Å². The number of para-hydroxylation sites is 1. The van der Waals surface area contributed by atoms with Gasteiger partial charge >= 0.3 is 6.18 Å². The van der Waals surface area contributed by atoms with Crippen molar-refractivity contribution >= 4 is 17.5 Å². The molecule has 0 saturated carbocycles. The highest BCUT2D eigenvalue weighted by Crippen LogP contribution is 2.30. The molecule has 28 heavy (non-hydrogen) atoms. The van der Waals surface area contributed by atoms with Crippen LogP contribution in [0.5, 0.6) is 0 Å². The van der Waals surface area contributed by atoms with Gasteiger partial charge in [-0.2, -0.15) is 18.3 Å². The summed E-state index contributed by atoms with van der Waals surface area (Å²) in [5, 5.41) is 7.25. The minimum atomic E-state index is -4.40. The highest BCUT2D eigenvalue weighted by Gasteiger charge is 2.30. The zero-order valence-electron chi connectivity index (χ0n) is 15.1. The van der Waals surface area contributed by atoms with Crippen LogP contribution in [-0.2, 0) is 6.18 Å². The van der Waals surface area contributed by atoms with Gasteiger partial charge < -0.3 is 5.32 Å². The van der Waals surface area contributed by atoms with Gasteiger partial charge in [-0.1, -0.05) is 41.9 Å². The van der Waals surface area contributed by atoms with E-state index in [0.29, 0.717) is 16.9 Å². The molecule has 146 valence electrons. The Morgan fingerprint density at radius 2 is 1.71 bits per heavy atom. The zero-order valence-corrected chi connectivity index (χ0v) is 15.8. The third-order valence-electron chi connectivity index (χ3n) is 4.32. The first-order valence-electron chi connectivity index (χ1n) is 8.47. The molecular weight excluding hydrogens is 391 g/mol. The largest absolute Gasteiger partial charge is 0.416 e. The van der Waals surface area contributed by atoms with E-state index in [1.807, 2.05) is 30.3 Å². The van der Waals surface area contributed by atoms with Crippen molar-refractivity contribution in [3.05, 3.63) is 82.1 Å². The zero-order chi connectivity index (χ0) is 20.5. The van der Waals surface area contributed by atoms with Crippen LogP contribution in [0.2, 0.25) is 5.15 Å². The molecule has 1 atom stereocenters. The van der Waals surface area contributed by atoms with Crippen molar-refractivity contribution in [2.45, 2.75) is 26.1 Å². The van der Waals surface area contributed by atoms with Crippen LogP contribution in [0, 0.1) is 6.92 Å². The van der Waals surface area contributed by atoms with E-state index in [0.717, 1.165) is 12.1 Å². The first kappa shape index (κ1) is 19.9.